The van der Waals surface area contributed by atoms with Crippen LogP contribution >= 0.6 is 22.6 Å². The molecule has 0 saturated carbocycles. The fourth-order valence-corrected chi connectivity index (χ4v) is 1.65. The van der Waals surface area contributed by atoms with Gasteiger partial charge < -0.3 is 4.90 Å². The minimum Gasteiger partial charge on any atom is -0.338 e. The van der Waals surface area contributed by atoms with Crippen molar-refractivity contribution in [2.24, 2.45) is 0 Å². The van der Waals surface area contributed by atoms with Gasteiger partial charge in [-0.25, -0.2) is 0 Å². The van der Waals surface area contributed by atoms with Crippen molar-refractivity contribution in [3.8, 4) is 0 Å². The van der Waals surface area contributed by atoms with Crippen LogP contribution in [-0.4, -0.2) is 28.9 Å². The molecule has 1 rings (SSSR count). The van der Waals surface area contributed by atoms with E-state index < -0.39 is 0 Å². The predicted octanol–water partition coefficient (Wildman–Crippen LogP) is 2.17. The third kappa shape index (κ3) is 2.67. The third-order valence-corrected chi connectivity index (χ3v) is 2.66. The highest BCUT2D eigenvalue weighted by Crippen LogP contribution is 2.07. The number of hydrogen-bond acceptors (Lipinski definition) is 2. The molecule has 1 aromatic heterocycles. The van der Waals surface area contributed by atoms with Crippen LogP contribution in [0.1, 0.15) is 24.3 Å². The zero-order valence-corrected chi connectivity index (χ0v) is 10.5. The van der Waals surface area contributed by atoms with Gasteiger partial charge in [0.2, 0.25) is 0 Å². The van der Waals surface area contributed by atoms with Gasteiger partial charge in [0.1, 0.15) is 5.69 Å². The van der Waals surface area contributed by atoms with Crippen molar-refractivity contribution in [3.63, 3.8) is 0 Å². The van der Waals surface area contributed by atoms with Gasteiger partial charge in [0.05, 0.1) is 0 Å². The zero-order valence-electron chi connectivity index (χ0n) is 8.33. The van der Waals surface area contributed by atoms with Crippen LogP contribution in [0.3, 0.4) is 0 Å². The van der Waals surface area contributed by atoms with Crippen molar-refractivity contribution in [2.45, 2.75) is 13.8 Å². The van der Waals surface area contributed by atoms with Gasteiger partial charge in [0.15, 0.2) is 0 Å². The monoisotopic (exact) mass is 304 g/mol. The molecule has 3 nitrogen and oxygen atoms in total. The Morgan fingerprint density at radius 3 is 2.64 bits per heavy atom. The summed E-state index contributed by atoms with van der Waals surface area (Å²) in [6, 6.07) is 3.68. The normalized spacial score (nSPS) is 9.93. The van der Waals surface area contributed by atoms with Gasteiger partial charge in [-0.15, -0.1) is 0 Å². The Bertz CT molecular complexity index is 324. The lowest BCUT2D eigenvalue weighted by Crippen LogP contribution is -2.31. The number of hydrogen-bond donors (Lipinski definition) is 0. The molecule has 0 N–H and O–H groups in total. The van der Waals surface area contributed by atoms with Crippen molar-refractivity contribution in [1.29, 1.82) is 0 Å². The van der Waals surface area contributed by atoms with E-state index in [9.17, 15) is 4.79 Å². The van der Waals surface area contributed by atoms with E-state index in [1.165, 1.54) is 0 Å². The minimum absolute atomic E-state index is 0.00789. The Hall–Kier alpha value is -0.650. The fourth-order valence-electron chi connectivity index (χ4n) is 1.19. The lowest BCUT2D eigenvalue weighted by atomic mass is 10.3. The van der Waals surface area contributed by atoms with E-state index in [0.29, 0.717) is 5.69 Å². The van der Waals surface area contributed by atoms with Gasteiger partial charge in [-0.2, -0.15) is 0 Å². The minimum atomic E-state index is 0.00789. The van der Waals surface area contributed by atoms with Crippen molar-refractivity contribution in [1.82, 2.24) is 9.88 Å². The Morgan fingerprint density at radius 2 is 2.14 bits per heavy atom. The van der Waals surface area contributed by atoms with Crippen LogP contribution in [-0.2, 0) is 0 Å². The maximum atomic E-state index is 11.8. The molecule has 14 heavy (non-hydrogen) atoms. The molecule has 0 aliphatic heterocycles. The van der Waals surface area contributed by atoms with Gasteiger partial charge >= 0.3 is 0 Å². The number of rotatable bonds is 3. The molecule has 0 spiro atoms. The molecule has 0 radical (unpaired) electrons. The predicted molar refractivity (Wildman–Crippen MR) is 64.2 cm³/mol. The maximum Gasteiger partial charge on any atom is 0.272 e. The van der Waals surface area contributed by atoms with E-state index in [2.05, 4.69) is 27.6 Å². The Kier molecular flexibility index (Phi) is 4.31. The van der Waals surface area contributed by atoms with Crippen LogP contribution < -0.4 is 0 Å². The SMILES string of the molecule is CCN(CC)C(=O)c1cc(I)ccn1. The maximum absolute atomic E-state index is 11.8. The first kappa shape index (κ1) is 11.4. The standard InChI is InChI=1S/C10H13IN2O/c1-3-13(4-2)10(14)9-7-8(11)5-6-12-9/h5-7H,3-4H2,1-2H3. The second-order valence-electron chi connectivity index (χ2n) is 2.84. The lowest BCUT2D eigenvalue weighted by molar-refractivity contribution is 0.0767. The molecule has 0 bridgehead atoms. The molecule has 1 heterocycles. The Morgan fingerprint density at radius 1 is 1.50 bits per heavy atom. The van der Waals surface area contributed by atoms with Crippen molar-refractivity contribution in [2.75, 3.05) is 13.1 Å². The zero-order chi connectivity index (χ0) is 10.6. The quantitative estimate of drug-likeness (QED) is 0.802. The summed E-state index contributed by atoms with van der Waals surface area (Å²) >= 11 is 2.18. The van der Waals surface area contributed by atoms with Gasteiger partial charge in [0, 0.05) is 22.9 Å². The molecule has 0 fully saturated rings. The van der Waals surface area contributed by atoms with Crippen LogP contribution in [0.15, 0.2) is 18.3 Å². The number of nitrogens with zero attached hydrogens (tertiary/aromatic N) is 2. The van der Waals surface area contributed by atoms with Crippen molar-refractivity contribution < 1.29 is 4.79 Å². The van der Waals surface area contributed by atoms with E-state index in [-0.39, 0.29) is 5.91 Å². The average molecular weight is 304 g/mol. The molecule has 76 valence electrons. The highest BCUT2D eigenvalue weighted by molar-refractivity contribution is 14.1. The number of carbonyl (C=O) groups is 1. The largest absolute Gasteiger partial charge is 0.338 e. The lowest BCUT2D eigenvalue weighted by Gasteiger charge is -2.17. The van der Waals surface area contributed by atoms with Crippen LogP contribution in [0, 0.1) is 3.57 Å². The Labute approximate surface area is 97.7 Å². The summed E-state index contributed by atoms with van der Waals surface area (Å²) in [6.45, 7) is 5.38. The van der Waals surface area contributed by atoms with Crippen molar-refractivity contribution >= 4 is 28.5 Å². The second kappa shape index (κ2) is 5.29. The molecule has 4 heteroatoms. The summed E-state index contributed by atoms with van der Waals surface area (Å²) in [4.78, 5) is 17.6. The molecular formula is C10H13IN2O. The molecule has 0 aromatic carbocycles. The molecule has 1 amide bonds. The van der Waals surface area contributed by atoms with E-state index in [0.717, 1.165) is 16.7 Å². The van der Waals surface area contributed by atoms with Gasteiger partial charge in [-0.05, 0) is 48.6 Å². The van der Waals surface area contributed by atoms with E-state index in [4.69, 9.17) is 0 Å². The molecule has 0 unspecified atom stereocenters. The summed E-state index contributed by atoms with van der Waals surface area (Å²) in [5, 5.41) is 0. The van der Waals surface area contributed by atoms with Crippen molar-refractivity contribution in [3.05, 3.63) is 27.6 Å². The number of amides is 1. The fraction of sp³-hybridized carbons (Fsp3) is 0.400. The highest BCUT2D eigenvalue weighted by atomic mass is 127. The highest BCUT2D eigenvalue weighted by Gasteiger charge is 2.13. The van der Waals surface area contributed by atoms with Gasteiger partial charge in [0.25, 0.3) is 5.91 Å². The number of pyridine rings is 1. The van der Waals surface area contributed by atoms with Crippen LogP contribution in [0.4, 0.5) is 0 Å². The topological polar surface area (TPSA) is 33.2 Å². The number of carbonyl (C=O) groups excluding carboxylic acids is 1. The van der Waals surface area contributed by atoms with Crippen LogP contribution in [0.25, 0.3) is 0 Å². The molecule has 0 aliphatic rings. The van der Waals surface area contributed by atoms with E-state index in [1.54, 1.807) is 17.2 Å². The summed E-state index contributed by atoms with van der Waals surface area (Å²) in [7, 11) is 0. The smallest absolute Gasteiger partial charge is 0.272 e. The summed E-state index contributed by atoms with van der Waals surface area (Å²) < 4.78 is 1.04. The van der Waals surface area contributed by atoms with Gasteiger partial charge in [-0.3, -0.25) is 9.78 Å². The Balaban J connectivity index is 2.88. The summed E-state index contributed by atoms with van der Waals surface area (Å²) in [6.07, 6.45) is 1.67. The summed E-state index contributed by atoms with van der Waals surface area (Å²) in [5.41, 5.74) is 0.528. The average Bonchev–Trinajstić information content (AvgIpc) is 2.19. The first-order valence-electron chi connectivity index (χ1n) is 4.59. The molecular weight excluding hydrogens is 291 g/mol. The van der Waals surface area contributed by atoms with Crippen LogP contribution in [0.5, 0.6) is 0 Å². The second-order valence-corrected chi connectivity index (χ2v) is 4.08. The number of halogens is 1. The van der Waals surface area contributed by atoms with Gasteiger partial charge in [-0.1, -0.05) is 0 Å². The molecule has 1 aromatic rings. The number of aromatic nitrogens is 1. The molecule has 0 saturated heterocycles. The third-order valence-electron chi connectivity index (χ3n) is 1.99. The molecule has 0 aliphatic carbocycles. The molecule has 0 atom stereocenters. The first-order valence-corrected chi connectivity index (χ1v) is 5.67. The van der Waals surface area contributed by atoms with E-state index in [1.807, 2.05) is 19.9 Å². The van der Waals surface area contributed by atoms with Crippen LogP contribution in [0.2, 0.25) is 0 Å². The first-order chi connectivity index (χ1) is 6.69. The van der Waals surface area contributed by atoms with E-state index >= 15 is 0 Å². The summed E-state index contributed by atoms with van der Waals surface area (Å²) in [5.74, 6) is 0.00789.